The summed E-state index contributed by atoms with van der Waals surface area (Å²) in [5.74, 6) is 0. The molecule has 1 heterocycles. The lowest BCUT2D eigenvalue weighted by molar-refractivity contribution is 0.707. The molecule has 0 saturated carbocycles. The first-order chi connectivity index (χ1) is 9.72. The second-order valence-corrected chi connectivity index (χ2v) is 5.41. The molecule has 0 spiro atoms. The number of benzene rings is 1. The van der Waals surface area contributed by atoms with Crippen molar-refractivity contribution in [3.63, 3.8) is 0 Å². The van der Waals surface area contributed by atoms with Crippen molar-refractivity contribution in [2.75, 3.05) is 18.4 Å². The fourth-order valence-corrected chi connectivity index (χ4v) is 2.37. The predicted molar refractivity (Wildman–Crippen MR) is 87.2 cm³/mol. The highest BCUT2D eigenvalue weighted by Crippen LogP contribution is 2.26. The number of hydrogen-bond donors (Lipinski definition) is 2. The third-order valence-electron chi connectivity index (χ3n) is 3.13. The van der Waals surface area contributed by atoms with E-state index in [4.69, 9.17) is 28.9 Å². The molecule has 0 atom stereocenters. The van der Waals surface area contributed by atoms with E-state index < -0.39 is 0 Å². The van der Waals surface area contributed by atoms with E-state index in [1.165, 1.54) is 6.42 Å². The van der Waals surface area contributed by atoms with Crippen molar-refractivity contribution in [1.29, 1.82) is 0 Å². The van der Waals surface area contributed by atoms with Crippen LogP contribution in [-0.4, -0.2) is 17.7 Å². The Labute approximate surface area is 129 Å². The Morgan fingerprint density at radius 1 is 1.00 bits per heavy atom. The number of hydrogen-bond acceptors (Lipinski definition) is 2. The van der Waals surface area contributed by atoms with Gasteiger partial charge in [0.25, 0.3) is 0 Å². The maximum atomic E-state index is 6.12. The molecule has 3 nitrogen and oxygen atoms in total. The number of anilines is 1. The SMILES string of the molecule is NCCCCCNc1ccc(-n2ccc(Cl)c2Cl)cc1. The lowest BCUT2D eigenvalue weighted by atomic mass is 10.2. The minimum absolute atomic E-state index is 0.536. The maximum absolute atomic E-state index is 6.12. The largest absolute Gasteiger partial charge is 0.385 e. The molecule has 0 amide bonds. The Balaban J connectivity index is 1.91. The first-order valence-corrected chi connectivity index (χ1v) is 7.54. The van der Waals surface area contributed by atoms with Gasteiger partial charge in [0.2, 0.25) is 0 Å². The van der Waals surface area contributed by atoms with Crippen LogP contribution in [-0.2, 0) is 0 Å². The van der Waals surface area contributed by atoms with Gasteiger partial charge in [0.05, 0.1) is 5.02 Å². The summed E-state index contributed by atoms with van der Waals surface area (Å²) in [5.41, 5.74) is 7.57. The molecule has 2 rings (SSSR count). The van der Waals surface area contributed by atoms with E-state index in [1.54, 1.807) is 6.07 Å². The van der Waals surface area contributed by atoms with Gasteiger partial charge in [-0.1, -0.05) is 29.6 Å². The van der Waals surface area contributed by atoms with Gasteiger partial charge in [-0.05, 0) is 49.7 Å². The standard InChI is InChI=1S/C15H19Cl2N3/c16-14-8-11-20(15(14)17)13-6-4-12(5-7-13)19-10-3-1-2-9-18/h4-8,11,19H,1-3,9-10,18H2. The fraction of sp³-hybridized carbons (Fsp3) is 0.333. The van der Waals surface area contributed by atoms with E-state index in [1.807, 2.05) is 35.0 Å². The van der Waals surface area contributed by atoms with E-state index in [-0.39, 0.29) is 0 Å². The summed E-state index contributed by atoms with van der Waals surface area (Å²) < 4.78 is 1.86. The molecule has 0 bridgehead atoms. The summed E-state index contributed by atoms with van der Waals surface area (Å²) >= 11 is 12.1. The maximum Gasteiger partial charge on any atom is 0.132 e. The van der Waals surface area contributed by atoms with Crippen LogP contribution in [0, 0.1) is 0 Å². The summed E-state index contributed by atoms with van der Waals surface area (Å²) in [6, 6.07) is 9.91. The topological polar surface area (TPSA) is 43.0 Å². The minimum Gasteiger partial charge on any atom is -0.385 e. The van der Waals surface area contributed by atoms with E-state index in [9.17, 15) is 0 Å². The van der Waals surface area contributed by atoms with Crippen LogP contribution in [0.4, 0.5) is 5.69 Å². The van der Waals surface area contributed by atoms with Crippen molar-refractivity contribution in [1.82, 2.24) is 4.57 Å². The molecule has 1 aromatic carbocycles. The number of rotatable bonds is 7. The molecule has 108 valence electrons. The molecular formula is C15H19Cl2N3. The van der Waals surface area contributed by atoms with Gasteiger partial charge in [-0.2, -0.15) is 0 Å². The van der Waals surface area contributed by atoms with Gasteiger partial charge in [0.1, 0.15) is 5.15 Å². The van der Waals surface area contributed by atoms with Gasteiger partial charge in [-0.15, -0.1) is 0 Å². The summed E-state index contributed by atoms with van der Waals surface area (Å²) in [6.45, 7) is 1.74. The minimum atomic E-state index is 0.536. The molecule has 0 aliphatic rings. The van der Waals surface area contributed by atoms with Crippen LogP contribution in [0.1, 0.15) is 19.3 Å². The molecule has 0 radical (unpaired) electrons. The molecule has 0 aliphatic heterocycles. The molecule has 20 heavy (non-hydrogen) atoms. The smallest absolute Gasteiger partial charge is 0.132 e. The third-order valence-corrected chi connectivity index (χ3v) is 3.92. The summed E-state index contributed by atoms with van der Waals surface area (Å²) in [5, 5.41) is 4.49. The molecule has 1 aromatic heterocycles. The summed E-state index contributed by atoms with van der Waals surface area (Å²) in [7, 11) is 0. The monoisotopic (exact) mass is 311 g/mol. The lowest BCUT2D eigenvalue weighted by Crippen LogP contribution is -2.04. The second kappa shape index (κ2) is 7.58. The van der Waals surface area contributed by atoms with Crippen molar-refractivity contribution in [3.05, 3.63) is 46.7 Å². The van der Waals surface area contributed by atoms with Crippen LogP contribution >= 0.6 is 23.2 Å². The lowest BCUT2D eigenvalue weighted by Gasteiger charge is -2.09. The average molecular weight is 312 g/mol. The number of aromatic nitrogens is 1. The number of nitrogens with two attached hydrogens (primary N) is 1. The van der Waals surface area contributed by atoms with Gasteiger partial charge >= 0.3 is 0 Å². The fourth-order valence-electron chi connectivity index (χ4n) is 2.01. The quantitative estimate of drug-likeness (QED) is 0.748. The van der Waals surface area contributed by atoms with Crippen LogP contribution in [0.25, 0.3) is 5.69 Å². The van der Waals surface area contributed by atoms with Crippen LogP contribution in [0.5, 0.6) is 0 Å². The highest BCUT2D eigenvalue weighted by Gasteiger charge is 2.05. The van der Waals surface area contributed by atoms with Gasteiger partial charge in [-0.3, -0.25) is 0 Å². The molecule has 2 aromatic rings. The number of unbranched alkanes of at least 4 members (excludes halogenated alkanes) is 2. The highest BCUT2D eigenvalue weighted by molar-refractivity contribution is 6.41. The first-order valence-electron chi connectivity index (χ1n) is 6.79. The summed E-state index contributed by atoms with van der Waals surface area (Å²) in [6.07, 6.45) is 5.25. The molecule has 5 heteroatoms. The van der Waals surface area contributed by atoms with Crippen LogP contribution in [0.3, 0.4) is 0 Å². The van der Waals surface area contributed by atoms with Gasteiger partial charge < -0.3 is 15.6 Å². The molecule has 0 unspecified atom stereocenters. The molecule has 0 fully saturated rings. The first kappa shape index (κ1) is 15.2. The molecule has 3 N–H and O–H groups in total. The van der Waals surface area contributed by atoms with Gasteiger partial charge in [-0.25, -0.2) is 0 Å². The van der Waals surface area contributed by atoms with Crippen molar-refractivity contribution >= 4 is 28.9 Å². The average Bonchev–Trinajstić information content (AvgIpc) is 2.80. The van der Waals surface area contributed by atoms with E-state index in [0.29, 0.717) is 10.2 Å². The normalized spacial score (nSPS) is 10.8. The zero-order valence-corrected chi connectivity index (χ0v) is 12.8. The predicted octanol–water partition coefficient (Wildman–Crippen LogP) is 4.33. The van der Waals surface area contributed by atoms with Crippen LogP contribution in [0.15, 0.2) is 36.5 Å². The molecule has 0 saturated heterocycles. The van der Waals surface area contributed by atoms with E-state index >= 15 is 0 Å². The van der Waals surface area contributed by atoms with Crippen molar-refractivity contribution in [3.8, 4) is 5.69 Å². The number of nitrogens with zero attached hydrogens (tertiary/aromatic N) is 1. The Bertz CT molecular complexity index is 535. The Kier molecular flexibility index (Phi) is 5.77. The van der Waals surface area contributed by atoms with E-state index in [0.717, 1.165) is 37.3 Å². The third kappa shape index (κ3) is 3.92. The van der Waals surface area contributed by atoms with Crippen molar-refractivity contribution in [2.45, 2.75) is 19.3 Å². The van der Waals surface area contributed by atoms with Gasteiger partial charge in [0, 0.05) is 24.1 Å². The van der Waals surface area contributed by atoms with Crippen molar-refractivity contribution < 1.29 is 0 Å². The van der Waals surface area contributed by atoms with Crippen molar-refractivity contribution in [2.24, 2.45) is 5.73 Å². The molecular weight excluding hydrogens is 293 g/mol. The molecule has 0 aliphatic carbocycles. The van der Waals surface area contributed by atoms with E-state index in [2.05, 4.69) is 5.32 Å². The highest BCUT2D eigenvalue weighted by atomic mass is 35.5. The number of nitrogens with one attached hydrogen (secondary N) is 1. The zero-order chi connectivity index (χ0) is 14.4. The Morgan fingerprint density at radius 2 is 1.75 bits per heavy atom. The Morgan fingerprint density at radius 3 is 2.35 bits per heavy atom. The van der Waals surface area contributed by atoms with Crippen LogP contribution < -0.4 is 11.1 Å². The summed E-state index contributed by atoms with van der Waals surface area (Å²) in [4.78, 5) is 0. The zero-order valence-electron chi connectivity index (χ0n) is 11.3. The Hall–Kier alpha value is -1.16. The van der Waals surface area contributed by atoms with Crippen LogP contribution in [0.2, 0.25) is 10.2 Å². The van der Waals surface area contributed by atoms with Gasteiger partial charge in [0.15, 0.2) is 0 Å². The second-order valence-electron chi connectivity index (χ2n) is 4.65. The number of halogens is 2.